The van der Waals surface area contributed by atoms with Gasteiger partial charge in [-0.3, -0.25) is 4.79 Å². The number of anilines is 1. The molecule has 2 N–H and O–H groups in total. The molecule has 0 radical (unpaired) electrons. The molecule has 1 aliphatic rings. The number of methoxy groups -OCH3 is 1. The average Bonchev–Trinajstić information content (AvgIpc) is 2.99. The van der Waals surface area contributed by atoms with Gasteiger partial charge in [0.05, 0.1) is 29.7 Å². The molecule has 0 fully saturated rings. The summed E-state index contributed by atoms with van der Waals surface area (Å²) in [6, 6.07) is 8.33. The first-order valence-electron chi connectivity index (χ1n) is 7.05. The Bertz CT molecular complexity index is 661. The summed E-state index contributed by atoms with van der Waals surface area (Å²) < 4.78 is 4.88. The van der Waals surface area contributed by atoms with Crippen LogP contribution in [0.2, 0.25) is 0 Å². The highest BCUT2D eigenvalue weighted by Gasteiger charge is 2.31. The fraction of sp³-hybridized carbons (Fsp3) is 0.312. The molecule has 7 heteroatoms. The van der Waals surface area contributed by atoms with Crippen molar-refractivity contribution in [1.82, 2.24) is 5.32 Å². The van der Waals surface area contributed by atoms with Crippen molar-refractivity contribution in [3.63, 3.8) is 0 Å². The number of benzene rings is 1. The second-order valence-corrected chi connectivity index (χ2v) is 5.04. The number of nitrogens with one attached hydrogen (secondary N) is 1. The number of carbonyl (C=O) groups is 2. The Labute approximate surface area is 133 Å². The lowest BCUT2D eigenvalue weighted by atomic mass is 10.0. The van der Waals surface area contributed by atoms with Crippen molar-refractivity contribution in [3.05, 3.63) is 41.6 Å². The second-order valence-electron chi connectivity index (χ2n) is 5.04. The third kappa shape index (κ3) is 3.87. The molecule has 1 heterocycles. The maximum absolute atomic E-state index is 12.1. The van der Waals surface area contributed by atoms with Crippen molar-refractivity contribution in [2.45, 2.75) is 0 Å². The number of carbonyl (C=O) groups excluding carboxylic acids is 1. The lowest BCUT2D eigenvalue weighted by Gasteiger charge is -2.18. The molecule has 1 unspecified atom stereocenters. The van der Waals surface area contributed by atoms with E-state index in [1.807, 2.05) is 6.07 Å². The van der Waals surface area contributed by atoms with Gasteiger partial charge < -0.3 is 20.1 Å². The summed E-state index contributed by atoms with van der Waals surface area (Å²) in [7, 11) is 1.55. The molecule has 0 saturated heterocycles. The molecule has 7 nitrogen and oxygen atoms in total. The van der Waals surface area contributed by atoms with E-state index in [2.05, 4.69) is 5.32 Å². The summed E-state index contributed by atoms with van der Waals surface area (Å²) >= 11 is 0. The number of amides is 1. The van der Waals surface area contributed by atoms with Crippen LogP contribution in [0.3, 0.4) is 0 Å². The third-order valence-corrected chi connectivity index (χ3v) is 3.55. The number of nitriles is 1. The number of aromatic carboxylic acids is 1. The number of carboxylic acid groups (broad SMARTS) is 1. The molecule has 120 valence electrons. The van der Waals surface area contributed by atoms with Crippen LogP contribution in [0.15, 0.2) is 36.0 Å². The fourth-order valence-electron chi connectivity index (χ4n) is 2.31. The van der Waals surface area contributed by atoms with Crippen LogP contribution in [0.4, 0.5) is 5.69 Å². The van der Waals surface area contributed by atoms with Gasteiger partial charge in [-0.25, -0.2) is 4.79 Å². The van der Waals surface area contributed by atoms with E-state index in [1.165, 1.54) is 12.1 Å². The van der Waals surface area contributed by atoms with Crippen LogP contribution in [0.5, 0.6) is 0 Å². The van der Waals surface area contributed by atoms with E-state index in [4.69, 9.17) is 9.84 Å². The molecule has 23 heavy (non-hydrogen) atoms. The van der Waals surface area contributed by atoms with Gasteiger partial charge in [0, 0.05) is 32.1 Å². The van der Waals surface area contributed by atoms with Gasteiger partial charge >= 0.3 is 5.97 Å². The monoisotopic (exact) mass is 315 g/mol. The zero-order valence-corrected chi connectivity index (χ0v) is 12.7. The van der Waals surface area contributed by atoms with Gasteiger partial charge in [-0.2, -0.15) is 5.26 Å². The number of hydrogen-bond donors (Lipinski definition) is 2. The quantitative estimate of drug-likeness (QED) is 0.759. The van der Waals surface area contributed by atoms with E-state index in [0.717, 1.165) is 5.69 Å². The average molecular weight is 315 g/mol. The van der Waals surface area contributed by atoms with Gasteiger partial charge in [-0.05, 0) is 24.3 Å². The van der Waals surface area contributed by atoms with Crippen LogP contribution >= 0.6 is 0 Å². The number of rotatable bonds is 6. The lowest BCUT2D eigenvalue weighted by Crippen LogP contribution is -2.36. The first-order chi connectivity index (χ1) is 11.1. The molecular formula is C16H17N3O4. The Kier molecular flexibility index (Phi) is 5.33. The normalized spacial score (nSPS) is 16.6. The molecular weight excluding hydrogens is 298 g/mol. The number of ether oxygens (including phenoxy) is 1. The predicted molar refractivity (Wildman–Crippen MR) is 82.8 cm³/mol. The van der Waals surface area contributed by atoms with Crippen molar-refractivity contribution in [2.24, 2.45) is 5.92 Å². The summed E-state index contributed by atoms with van der Waals surface area (Å²) in [4.78, 5) is 24.8. The second kappa shape index (κ2) is 7.42. The van der Waals surface area contributed by atoms with E-state index in [9.17, 15) is 14.9 Å². The van der Waals surface area contributed by atoms with Gasteiger partial charge in [0.2, 0.25) is 5.91 Å². The molecule has 0 aromatic heterocycles. The van der Waals surface area contributed by atoms with Gasteiger partial charge in [0.1, 0.15) is 0 Å². The zero-order chi connectivity index (χ0) is 16.8. The zero-order valence-electron chi connectivity index (χ0n) is 12.7. The molecule has 0 bridgehead atoms. The smallest absolute Gasteiger partial charge is 0.335 e. The molecule has 1 aliphatic heterocycles. The highest BCUT2D eigenvalue weighted by molar-refractivity contribution is 5.88. The van der Waals surface area contributed by atoms with Crippen LogP contribution in [0.1, 0.15) is 10.4 Å². The number of nitrogens with zero attached hydrogens (tertiary/aromatic N) is 2. The lowest BCUT2D eigenvalue weighted by molar-refractivity contribution is -0.123. The summed E-state index contributed by atoms with van der Waals surface area (Å²) in [5.74, 6) is -1.77. The third-order valence-electron chi connectivity index (χ3n) is 3.55. The first kappa shape index (κ1) is 16.5. The van der Waals surface area contributed by atoms with Gasteiger partial charge in [-0.15, -0.1) is 0 Å². The summed E-state index contributed by atoms with van der Waals surface area (Å²) in [5.41, 5.74) is 1.29. The van der Waals surface area contributed by atoms with Crippen molar-refractivity contribution in [2.75, 3.05) is 31.7 Å². The highest BCUT2D eigenvalue weighted by atomic mass is 16.5. The van der Waals surface area contributed by atoms with E-state index >= 15 is 0 Å². The maximum atomic E-state index is 12.1. The maximum Gasteiger partial charge on any atom is 0.335 e. The van der Waals surface area contributed by atoms with Crippen molar-refractivity contribution >= 4 is 17.6 Å². The topological polar surface area (TPSA) is 103 Å². The van der Waals surface area contributed by atoms with Crippen molar-refractivity contribution in [1.29, 1.82) is 5.26 Å². The Morgan fingerprint density at radius 1 is 1.43 bits per heavy atom. The number of carboxylic acids is 1. The molecule has 0 aliphatic carbocycles. The van der Waals surface area contributed by atoms with E-state index in [-0.39, 0.29) is 11.5 Å². The minimum Gasteiger partial charge on any atom is -0.478 e. The molecule has 0 spiro atoms. The van der Waals surface area contributed by atoms with E-state index in [0.29, 0.717) is 25.3 Å². The molecule has 0 saturated carbocycles. The Morgan fingerprint density at radius 2 is 2.13 bits per heavy atom. The first-order valence-corrected chi connectivity index (χ1v) is 7.05. The van der Waals surface area contributed by atoms with Crippen LogP contribution in [0.25, 0.3) is 0 Å². The Morgan fingerprint density at radius 3 is 2.70 bits per heavy atom. The van der Waals surface area contributed by atoms with Crippen LogP contribution in [-0.2, 0) is 9.53 Å². The van der Waals surface area contributed by atoms with Gasteiger partial charge in [-0.1, -0.05) is 0 Å². The van der Waals surface area contributed by atoms with Crippen LogP contribution in [-0.4, -0.2) is 43.8 Å². The van der Waals surface area contributed by atoms with Gasteiger partial charge in [0.15, 0.2) is 0 Å². The minimum atomic E-state index is -0.998. The molecule has 1 aromatic rings. The number of hydrogen-bond acceptors (Lipinski definition) is 5. The van der Waals surface area contributed by atoms with E-state index in [1.54, 1.807) is 30.3 Å². The van der Waals surface area contributed by atoms with Crippen LogP contribution in [0, 0.1) is 17.2 Å². The Balaban J connectivity index is 2.09. The summed E-state index contributed by atoms with van der Waals surface area (Å²) in [5, 5.41) is 20.8. The van der Waals surface area contributed by atoms with Crippen molar-refractivity contribution < 1.29 is 19.4 Å². The molecule has 1 amide bonds. The van der Waals surface area contributed by atoms with Crippen molar-refractivity contribution in [3.8, 4) is 6.07 Å². The van der Waals surface area contributed by atoms with Crippen LogP contribution < -0.4 is 10.2 Å². The SMILES string of the molecule is COCCNC(=O)C1CN(c2ccc(C(=O)O)cc2)C=C1C#N. The van der Waals surface area contributed by atoms with Gasteiger partial charge in [0.25, 0.3) is 0 Å². The molecule has 1 aromatic carbocycles. The standard InChI is InChI=1S/C16H17N3O4/c1-23-7-6-18-15(20)14-10-19(9-12(14)8-17)13-4-2-11(3-5-13)16(21)22/h2-5,9,14H,6-7,10H2,1H3,(H,18,20)(H,21,22). The summed E-state index contributed by atoms with van der Waals surface area (Å²) in [6.07, 6.45) is 1.62. The minimum absolute atomic E-state index is 0.186. The van der Waals surface area contributed by atoms with E-state index < -0.39 is 11.9 Å². The molecule has 2 rings (SSSR count). The Hall–Kier alpha value is -2.85. The highest BCUT2D eigenvalue weighted by Crippen LogP contribution is 2.27. The summed E-state index contributed by atoms with van der Waals surface area (Å²) in [6.45, 7) is 1.14. The fourth-order valence-corrected chi connectivity index (χ4v) is 2.31. The predicted octanol–water partition coefficient (Wildman–Crippen LogP) is 0.991. The molecule has 1 atom stereocenters. The largest absolute Gasteiger partial charge is 0.478 e.